The lowest BCUT2D eigenvalue weighted by molar-refractivity contribution is -0.168. The number of carbonyl (C=O) groups excluding carboxylic acids is 1. The van der Waals surface area contributed by atoms with Crippen LogP contribution in [0.1, 0.15) is 45.4 Å². The summed E-state index contributed by atoms with van der Waals surface area (Å²) < 4.78 is 4.87. The van der Waals surface area contributed by atoms with Gasteiger partial charge in [0.25, 0.3) is 0 Å². The topological polar surface area (TPSA) is 63.6 Å². The number of aliphatic carboxylic acids is 1. The van der Waals surface area contributed by atoms with Crippen molar-refractivity contribution in [2.45, 2.75) is 45.4 Å². The fourth-order valence-corrected chi connectivity index (χ4v) is 2.95. The minimum atomic E-state index is -0.926. The molecule has 0 aromatic heterocycles. The molecule has 102 valence electrons. The van der Waals surface area contributed by atoms with Gasteiger partial charge in [0.2, 0.25) is 0 Å². The maximum absolute atomic E-state index is 12.1. The van der Waals surface area contributed by atoms with Gasteiger partial charge in [-0.1, -0.05) is 24.8 Å². The van der Waals surface area contributed by atoms with Gasteiger partial charge in [-0.25, -0.2) is 0 Å². The van der Waals surface area contributed by atoms with E-state index in [1.165, 1.54) is 7.11 Å². The predicted octanol–water partition coefficient (Wildman–Crippen LogP) is 2.78. The summed E-state index contributed by atoms with van der Waals surface area (Å²) >= 11 is 0. The van der Waals surface area contributed by atoms with Crippen LogP contribution in [0.25, 0.3) is 0 Å². The summed E-state index contributed by atoms with van der Waals surface area (Å²) in [6.07, 6.45) is 4.36. The molecule has 0 heterocycles. The normalized spacial score (nSPS) is 19.9. The van der Waals surface area contributed by atoms with Gasteiger partial charge in [-0.3, -0.25) is 9.59 Å². The van der Waals surface area contributed by atoms with E-state index in [2.05, 4.69) is 6.58 Å². The van der Waals surface area contributed by atoms with Gasteiger partial charge in [0.1, 0.15) is 0 Å². The summed E-state index contributed by atoms with van der Waals surface area (Å²) in [7, 11) is 1.33. The van der Waals surface area contributed by atoms with Crippen molar-refractivity contribution in [1.29, 1.82) is 0 Å². The standard InChI is InChI=1S/C14H22O4/c1-10(2)9-11(12(15)16)14(13(17)18-3)7-5-4-6-8-14/h11H,1,4-9H2,2-3H3,(H,15,16). The molecule has 1 unspecified atom stereocenters. The number of carboxylic acids is 1. The number of carboxylic acid groups (broad SMARTS) is 1. The molecule has 4 nitrogen and oxygen atoms in total. The third-order valence-corrected chi connectivity index (χ3v) is 3.86. The van der Waals surface area contributed by atoms with E-state index in [4.69, 9.17) is 4.74 Å². The molecule has 1 fully saturated rings. The van der Waals surface area contributed by atoms with Crippen LogP contribution in [-0.4, -0.2) is 24.2 Å². The molecule has 1 atom stereocenters. The Morgan fingerprint density at radius 2 is 1.89 bits per heavy atom. The highest BCUT2D eigenvalue weighted by atomic mass is 16.5. The lowest BCUT2D eigenvalue weighted by Crippen LogP contribution is -2.45. The van der Waals surface area contributed by atoms with Gasteiger partial charge >= 0.3 is 11.9 Å². The molecular weight excluding hydrogens is 232 g/mol. The second kappa shape index (κ2) is 6.03. The minimum Gasteiger partial charge on any atom is -0.481 e. The number of carbonyl (C=O) groups is 2. The molecule has 18 heavy (non-hydrogen) atoms. The molecular formula is C14H22O4. The number of hydrogen-bond donors (Lipinski definition) is 1. The van der Waals surface area contributed by atoms with Gasteiger partial charge in [0.05, 0.1) is 18.4 Å². The summed E-state index contributed by atoms with van der Waals surface area (Å²) in [6.45, 7) is 5.57. The van der Waals surface area contributed by atoms with Crippen molar-refractivity contribution in [2.75, 3.05) is 7.11 Å². The van der Waals surface area contributed by atoms with E-state index in [1.807, 2.05) is 0 Å². The molecule has 0 radical (unpaired) electrons. The Labute approximate surface area is 108 Å². The van der Waals surface area contributed by atoms with Crippen LogP contribution >= 0.6 is 0 Å². The lowest BCUT2D eigenvalue weighted by atomic mass is 9.64. The fraction of sp³-hybridized carbons (Fsp3) is 0.714. The molecule has 4 heteroatoms. The van der Waals surface area contributed by atoms with Crippen LogP contribution in [0.3, 0.4) is 0 Å². The van der Waals surface area contributed by atoms with Crippen LogP contribution in [0.4, 0.5) is 0 Å². The van der Waals surface area contributed by atoms with Gasteiger partial charge in [-0.15, -0.1) is 6.58 Å². The van der Waals surface area contributed by atoms with Crippen molar-refractivity contribution < 1.29 is 19.4 Å². The average molecular weight is 254 g/mol. The number of esters is 1. The largest absolute Gasteiger partial charge is 0.481 e. The highest BCUT2D eigenvalue weighted by Gasteiger charge is 2.50. The zero-order valence-electron chi connectivity index (χ0n) is 11.2. The molecule has 1 saturated carbocycles. The van der Waals surface area contributed by atoms with Crippen molar-refractivity contribution in [3.8, 4) is 0 Å². The molecule has 0 spiro atoms. The maximum atomic E-state index is 12.1. The van der Waals surface area contributed by atoms with Crippen molar-refractivity contribution in [3.63, 3.8) is 0 Å². The maximum Gasteiger partial charge on any atom is 0.312 e. The highest BCUT2D eigenvalue weighted by Crippen LogP contribution is 2.46. The molecule has 0 saturated heterocycles. The van der Waals surface area contributed by atoms with Gasteiger partial charge in [0, 0.05) is 0 Å². The van der Waals surface area contributed by atoms with Crippen LogP contribution in [-0.2, 0) is 14.3 Å². The first-order valence-corrected chi connectivity index (χ1v) is 6.39. The number of allylic oxidation sites excluding steroid dienone is 1. The Kier molecular flexibility index (Phi) is 4.93. The number of hydrogen-bond acceptors (Lipinski definition) is 3. The number of methoxy groups -OCH3 is 1. The lowest BCUT2D eigenvalue weighted by Gasteiger charge is -2.39. The Hall–Kier alpha value is -1.32. The van der Waals surface area contributed by atoms with E-state index in [-0.39, 0.29) is 5.97 Å². The molecule has 0 aliphatic heterocycles. The van der Waals surface area contributed by atoms with Crippen LogP contribution < -0.4 is 0 Å². The molecule has 1 rings (SSSR count). The van der Waals surface area contributed by atoms with Gasteiger partial charge in [0.15, 0.2) is 0 Å². The first-order valence-electron chi connectivity index (χ1n) is 6.39. The molecule has 0 aromatic carbocycles. The molecule has 1 aliphatic rings. The Morgan fingerprint density at radius 3 is 2.28 bits per heavy atom. The summed E-state index contributed by atoms with van der Waals surface area (Å²) in [5.74, 6) is -2.02. The molecule has 0 aromatic rings. The fourth-order valence-electron chi connectivity index (χ4n) is 2.95. The molecule has 0 amide bonds. The van der Waals surface area contributed by atoms with Gasteiger partial charge in [-0.2, -0.15) is 0 Å². The summed E-state index contributed by atoms with van der Waals surface area (Å²) in [6, 6.07) is 0. The number of ether oxygens (including phenoxy) is 1. The summed E-state index contributed by atoms with van der Waals surface area (Å²) in [5, 5.41) is 9.44. The second-order valence-corrected chi connectivity index (χ2v) is 5.26. The SMILES string of the molecule is C=C(C)CC(C(=O)O)C1(C(=O)OC)CCCCC1. The van der Waals surface area contributed by atoms with E-state index < -0.39 is 17.3 Å². The Bertz CT molecular complexity index is 340. The van der Waals surface area contributed by atoms with Crippen LogP contribution in [0.2, 0.25) is 0 Å². The van der Waals surface area contributed by atoms with Crippen molar-refractivity contribution in [1.82, 2.24) is 0 Å². The first-order chi connectivity index (χ1) is 8.44. The van der Waals surface area contributed by atoms with E-state index in [9.17, 15) is 14.7 Å². The van der Waals surface area contributed by atoms with E-state index in [0.29, 0.717) is 19.3 Å². The Balaban J connectivity index is 3.08. The minimum absolute atomic E-state index is 0.338. The zero-order valence-corrected chi connectivity index (χ0v) is 11.2. The average Bonchev–Trinajstić information content (AvgIpc) is 2.35. The Morgan fingerprint density at radius 1 is 1.33 bits per heavy atom. The second-order valence-electron chi connectivity index (χ2n) is 5.26. The van der Waals surface area contributed by atoms with E-state index >= 15 is 0 Å². The van der Waals surface area contributed by atoms with Crippen LogP contribution in [0, 0.1) is 11.3 Å². The highest BCUT2D eigenvalue weighted by molar-refractivity contribution is 5.85. The summed E-state index contributed by atoms with van der Waals surface area (Å²) in [4.78, 5) is 23.6. The van der Waals surface area contributed by atoms with Gasteiger partial charge < -0.3 is 9.84 Å². The third-order valence-electron chi connectivity index (χ3n) is 3.86. The molecule has 0 bridgehead atoms. The predicted molar refractivity (Wildman–Crippen MR) is 68.1 cm³/mol. The quantitative estimate of drug-likeness (QED) is 0.605. The van der Waals surface area contributed by atoms with Crippen molar-refractivity contribution >= 4 is 11.9 Å². The summed E-state index contributed by atoms with van der Waals surface area (Å²) in [5.41, 5.74) is -0.0751. The molecule has 1 N–H and O–H groups in total. The zero-order chi connectivity index (χ0) is 13.8. The van der Waals surface area contributed by atoms with Crippen molar-refractivity contribution in [2.24, 2.45) is 11.3 Å². The number of rotatable bonds is 5. The monoisotopic (exact) mass is 254 g/mol. The van der Waals surface area contributed by atoms with Crippen LogP contribution in [0.15, 0.2) is 12.2 Å². The van der Waals surface area contributed by atoms with Crippen molar-refractivity contribution in [3.05, 3.63) is 12.2 Å². The van der Waals surface area contributed by atoms with Gasteiger partial charge in [-0.05, 0) is 26.2 Å². The smallest absolute Gasteiger partial charge is 0.312 e. The molecule has 1 aliphatic carbocycles. The van der Waals surface area contributed by atoms with E-state index in [0.717, 1.165) is 24.8 Å². The first kappa shape index (κ1) is 14.7. The van der Waals surface area contributed by atoms with E-state index in [1.54, 1.807) is 6.92 Å². The van der Waals surface area contributed by atoms with Crippen LogP contribution in [0.5, 0.6) is 0 Å². The third kappa shape index (κ3) is 2.92.